The summed E-state index contributed by atoms with van der Waals surface area (Å²) in [6, 6.07) is 8.09. The molecule has 0 unspecified atom stereocenters. The van der Waals surface area contributed by atoms with Gasteiger partial charge in [0.2, 0.25) is 0 Å². The van der Waals surface area contributed by atoms with Gasteiger partial charge in [-0.1, -0.05) is 0 Å². The number of benzene rings is 1. The molecule has 0 bridgehead atoms. The second-order valence-electron chi connectivity index (χ2n) is 3.44. The van der Waals surface area contributed by atoms with Crippen molar-refractivity contribution >= 4 is 5.82 Å². The lowest BCUT2D eigenvalue weighted by molar-refractivity contribution is 0.628. The molecule has 2 rings (SSSR count). The average Bonchev–Trinajstić information content (AvgIpc) is 2.29. The number of nitrogens with one attached hydrogen (secondary N) is 1. The van der Waals surface area contributed by atoms with E-state index in [0.717, 1.165) is 17.1 Å². The molecule has 0 fully saturated rings. The number of anilines is 1. The molecule has 1 aromatic heterocycles. The highest BCUT2D eigenvalue weighted by Crippen LogP contribution is 2.19. The van der Waals surface area contributed by atoms with Gasteiger partial charge in [-0.2, -0.15) is 0 Å². The fourth-order valence-electron chi connectivity index (χ4n) is 1.46. The zero-order chi connectivity index (χ0) is 11.5. The predicted octanol–water partition coefficient (Wildman–Crippen LogP) is 2.63. The van der Waals surface area contributed by atoms with Crippen LogP contribution in [-0.2, 0) is 0 Å². The molecule has 1 N–H and O–H groups in total. The largest absolute Gasteiger partial charge is 0.373 e. The van der Waals surface area contributed by atoms with Gasteiger partial charge in [0.25, 0.3) is 0 Å². The van der Waals surface area contributed by atoms with Crippen molar-refractivity contribution in [2.45, 2.75) is 6.92 Å². The van der Waals surface area contributed by atoms with Crippen molar-refractivity contribution < 1.29 is 4.39 Å². The minimum atomic E-state index is -0.247. The lowest BCUT2D eigenvalue weighted by Crippen LogP contribution is -1.98. The van der Waals surface area contributed by atoms with Gasteiger partial charge in [0.05, 0.1) is 5.69 Å². The molecule has 0 spiro atoms. The molecule has 16 heavy (non-hydrogen) atoms. The van der Waals surface area contributed by atoms with Crippen LogP contribution in [0, 0.1) is 12.7 Å². The van der Waals surface area contributed by atoms with Gasteiger partial charge in [-0.05, 0) is 31.2 Å². The van der Waals surface area contributed by atoms with Gasteiger partial charge in [-0.15, -0.1) is 0 Å². The second-order valence-corrected chi connectivity index (χ2v) is 3.44. The zero-order valence-electron chi connectivity index (χ0n) is 9.16. The highest BCUT2D eigenvalue weighted by atomic mass is 19.1. The molecule has 0 saturated heterocycles. The first-order valence-corrected chi connectivity index (χ1v) is 4.98. The van der Waals surface area contributed by atoms with Crippen molar-refractivity contribution in [1.82, 2.24) is 9.97 Å². The Hall–Kier alpha value is -1.97. The van der Waals surface area contributed by atoms with Gasteiger partial charge in [0, 0.05) is 18.7 Å². The van der Waals surface area contributed by atoms with E-state index in [2.05, 4.69) is 15.3 Å². The first-order valence-electron chi connectivity index (χ1n) is 4.98. The molecular weight excluding hydrogens is 205 g/mol. The summed E-state index contributed by atoms with van der Waals surface area (Å²) in [5.74, 6) is 1.20. The van der Waals surface area contributed by atoms with E-state index >= 15 is 0 Å². The average molecular weight is 217 g/mol. The quantitative estimate of drug-likeness (QED) is 0.840. The monoisotopic (exact) mass is 217 g/mol. The Morgan fingerprint density at radius 2 is 1.81 bits per heavy atom. The minimum absolute atomic E-state index is 0.247. The molecule has 1 heterocycles. The lowest BCUT2D eigenvalue weighted by Gasteiger charge is -2.05. The third-order valence-corrected chi connectivity index (χ3v) is 2.23. The summed E-state index contributed by atoms with van der Waals surface area (Å²) < 4.78 is 12.8. The molecule has 1 aromatic carbocycles. The molecule has 3 nitrogen and oxygen atoms in total. The zero-order valence-corrected chi connectivity index (χ0v) is 9.16. The molecule has 0 amide bonds. The highest BCUT2D eigenvalue weighted by molar-refractivity contribution is 5.62. The maximum absolute atomic E-state index is 12.8. The van der Waals surface area contributed by atoms with Gasteiger partial charge >= 0.3 is 0 Å². The van der Waals surface area contributed by atoms with E-state index < -0.39 is 0 Å². The Balaban J connectivity index is 2.47. The van der Waals surface area contributed by atoms with Crippen LogP contribution in [0.15, 0.2) is 30.3 Å². The lowest BCUT2D eigenvalue weighted by atomic mass is 10.1. The van der Waals surface area contributed by atoms with Crippen LogP contribution in [0.3, 0.4) is 0 Å². The Kier molecular flexibility index (Phi) is 2.81. The van der Waals surface area contributed by atoms with Crippen LogP contribution < -0.4 is 5.32 Å². The Morgan fingerprint density at radius 3 is 2.44 bits per heavy atom. The van der Waals surface area contributed by atoms with Gasteiger partial charge in [-0.3, -0.25) is 0 Å². The summed E-state index contributed by atoms with van der Waals surface area (Å²) in [6.07, 6.45) is 0. The van der Waals surface area contributed by atoms with Gasteiger partial charge in [0.15, 0.2) is 0 Å². The third-order valence-electron chi connectivity index (χ3n) is 2.23. The van der Waals surface area contributed by atoms with Crippen LogP contribution in [0.25, 0.3) is 11.3 Å². The highest BCUT2D eigenvalue weighted by Gasteiger charge is 2.03. The number of aromatic nitrogens is 2. The summed E-state index contributed by atoms with van der Waals surface area (Å²) in [4.78, 5) is 8.51. The van der Waals surface area contributed by atoms with Crippen molar-refractivity contribution in [3.8, 4) is 11.3 Å². The minimum Gasteiger partial charge on any atom is -0.373 e. The number of hydrogen-bond donors (Lipinski definition) is 1. The predicted molar refractivity (Wildman–Crippen MR) is 61.7 cm³/mol. The van der Waals surface area contributed by atoms with Crippen molar-refractivity contribution in [3.05, 3.63) is 42.0 Å². The van der Waals surface area contributed by atoms with Crippen molar-refractivity contribution in [1.29, 1.82) is 0 Å². The van der Waals surface area contributed by atoms with Gasteiger partial charge in [-0.25, -0.2) is 14.4 Å². The summed E-state index contributed by atoms with van der Waals surface area (Å²) in [5.41, 5.74) is 1.67. The van der Waals surface area contributed by atoms with Crippen molar-refractivity contribution in [2.24, 2.45) is 0 Å². The molecule has 0 radical (unpaired) electrons. The van der Waals surface area contributed by atoms with E-state index in [1.165, 1.54) is 12.1 Å². The summed E-state index contributed by atoms with van der Waals surface area (Å²) >= 11 is 0. The Morgan fingerprint density at radius 1 is 1.12 bits per heavy atom. The molecule has 0 aliphatic rings. The number of nitrogens with zero attached hydrogens (tertiary/aromatic N) is 2. The molecule has 0 saturated carbocycles. The number of halogens is 1. The van der Waals surface area contributed by atoms with E-state index in [4.69, 9.17) is 0 Å². The smallest absolute Gasteiger partial charge is 0.130 e. The molecule has 0 aliphatic carbocycles. The summed E-state index contributed by atoms with van der Waals surface area (Å²) in [7, 11) is 1.80. The fraction of sp³-hybridized carbons (Fsp3) is 0.167. The van der Waals surface area contributed by atoms with E-state index in [1.807, 2.05) is 13.0 Å². The number of aryl methyl sites for hydroxylation is 1. The van der Waals surface area contributed by atoms with E-state index in [1.54, 1.807) is 19.2 Å². The van der Waals surface area contributed by atoms with Crippen LogP contribution in [0.5, 0.6) is 0 Å². The van der Waals surface area contributed by atoms with Crippen molar-refractivity contribution in [3.63, 3.8) is 0 Å². The molecular formula is C12H12FN3. The Bertz CT molecular complexity index is 494. The molecule has 2 aromatic rings. The maximum Gasteiger partial charge on any atom is 0.130 e. The topological polar surface area (TPSA) is 37.8 Å². The summed E-state index contributed by atoms with van der Waals surface area (Å²) in [5, 5.41) is 2.96. The van der Waals surface area contributed by atoms with Crippen LogP contribution in [0.1, 0.15) is 5.82 Å². The first kappa shape index (κ1) is 10.5. The SMILES string of the molecule is CNc1cc(-c2ccc(F)cc2)nc(C)n1. The summed E-state index contributed by atoms with van der Waals surface area (Å²) in [6.45, 7) is 1.83. The third kappa shape index (κ3) is 2.16. The Labute approximate surface area is 93.4 Å². The van der Waals surface area contributed by atoms with Crippen LogP contribution in [0.4, 0.5) is 10.2 Å². The van der Waals surface area contributed by atoms with Gasteiger partial charge < -0.3 is 5.32 Å². The number of hydrogen-bond acceptors (Lipinski definition) is 3. The van der Waals surface area contributed by atoms with Crippen LogP contribution in [0.2, 0.25) is 0 Å². The van der Waals surface area contributed by atoms with Crippen LogP contribution >= 0.6 is 0 Å². The molecule has 82 valence electrons. The first-order chi connectivity index (χ1) is 7.69. The molecule has 0 atom stereocenters. The van der Waals surface area contributed by atoms with Gasteiger partial charge in [0.1, 0.15) is 17.5 Å². The molecule has 0 aliphatic heterocycles. The maximum atomic E-state index is 12.8. The molecule has 4 heteroatoms. The number of rotatable bonds is 2. The van der Waals surface area contributed by atoms with Crippen LogP contribution in [-0.4, -0.2) is 17.0 Å². The standard InChI is InChI=1S/C12H12FN3/c1-8-15-11(7-12(14-2)16-8)9-3-5-10(13)6-4-9/h3-7H,1-2H3,(H,14,15,16). The fourth-order valence-corrected chi connectivity index (χ4v) is 1.46. The van der Waals surface area contributed by atoms with E-state index in [0.29, 0.717) is 5.82 Å². The van der Waals surface area contributed by atoms with E-state index in [9.17, 15) is 4.39 Å². The van der Waals surface area contributed by atoms with E-state index in [-0.39, 0.29) is 5.82 Å². The normalized spacial score (nSPS) is 10.2. The van der Waals surface area contributed by atoms with Crippen molar-refractivity contribution in [2.75, 3.05) is 12.4 Å². The second kappa shape index (κ2) is 4.26.